The molecule has 0 saturated carbocycles. The van der Waals surface area contributed by atoms with Crippen molar-refractivity contribution in [1.29, 1.82) is 0 Å². The SMILES string of the molecule is CC(C)CCCC[CH2][Ti+3].[OH-].[OH-].[OH-]. The predicted molar refractivity (Wildman–Crippen MR) is 43.9 cm³/mol. The van der Waals surface area contributed by atoms with Crippen molar-refractivity contribution in [3.63, 3.8) is 0 Å². The van der Waals surface area contributed by atoms with Crippen molar-refractivity contribution in [3.8, 4) is 0 Å². The maximum absolute atomic E-state index is 2.30. The van der Waals surface area contributed by atoms with E-state index >= 15 is 0 Å². The van der Waals surface area contributed by atoms with Crippen molar-refractivity contribution in [3.05, 3.63) is 0 Å². The van der Waals surface area contributed by atoms with Gasteiger partial charge in [-0.15, -0.1) is 0 Å². The molecule has 74 valence electrons. The normalized spacial score (nSPS) is 8.08. The smallest absolute Gasteiger partial charge is 0.870 e. The molecule has 0 amide bonds. The zero-order valence-corrected chi connectivity index (χ0v) is 9.52. The Balaban J connectivity index is -0.000000107. The van der Waals surface area contributed by atoms with Gasteiger partial charge in [0.25, 0.3) is 0 Å². The van der Waals surface area contributed by atoms with E-state index in [2.05, 4.69) is 34.3 Å². The van der Waals surface area contributed by atoms with Gasteiger partial charge >= 0.3 is 70.6 Å². The molecule has 0 aromatic heterocycles. The summed E-state index contributed by atoms with van der Waals surface area (Å²) >= 11 is 2.26. The molecule has 0 aliphatic rings. The van der Waals surface area contributed by atoms with Crippen LogP contribution in [0.2, 0.25) is 4.73 Å². The molecule has 0 unspecified atom stereocenters. The number of hydrogen-bond acceptors (Lipinski definition) is 3. The van der Waals surface area contributed by atoms with Gasteiger partial charge in [-0.3, -0.25) is 0 Å². The van der Waals surface area contributed by atoms with Crippen LogP contribution in [-0.4, -0.2) is 16.4 Å². The number of unbranched alkanes of at least 4 members (excludes halogenated alkanes) is 2. The molecule has 0 aliphatic heterocycles. The summed E-state index contributed by atoms with van der Waals surface area (Å²) < 4.78 is 1.36. The largest absolute Gasteiger partial charge is 0.870 e. The molecule has 0 aromatic carbocycles. The van der Waals surface area contributed by atoms with Crippen LogP contribution in [0.25, 0.3) is 0 Å². The second-order valence-electron chi connectivity index (χ2n) is 2.99. The molecule has 12 heavy (non-hydrogen) atoms. The van der Waals surface area contributed by atoms with E-state index in [1.807, 2.05) is 0 Å². The average molecular weight is 212 g/mol. The van der Waals surface area contributed by atoms with Crippen LogP contribution in [0.1, 0.15) is 39.5 Å². The molecule has 0 rings (SSSR count). The molecule has 4 heteroatoms. The first-order valence-corrected chi connectivity index (χ1v) is 5.02. The summed E-state index contributed by atoms with van der Waals surface area (Å²) in [6.45, 7) is 4.60. The predicted octanol–water partition coefficient (Wildman–Crippen LogP) is 2.64. The summed E-state index contributed by atoms with van der Waals surface area (Å²) in [5, 5.41) is 0. The van der Waals surface area contributed by atoms with Crippen LogP contribution in [-0.2, 0) is 20.4 Å². The Morgan fingerprint density at radius 3 is 1.75 bits per heavy atom. The fourth-order valence-electron chi connectivity index (χ4n) is 0.854. The first-order valence-electron chi connectivity index (χ1n) is 3.92. The zero-order chi connectivity index (χ0) is 7.11. The molecule has 0 saturated heterocycles. The Bertz CT molecular complexity index is 60.3. The Morgan fingerprint density at radius 1 is 0.917 bits per heavy atom. The van der Waals surface area contributed by atoms with Crippen molar-refractivity contribution in [1.82, 2.24) is 0 Å². The van der Waals surface area contributed by atoms with Gasteiger partial charge in [-0.1, -0.05) is 0 Å². The van der Waals surface area contributed by atoms with Gasteiger partial charge in [0, 0.05) is 0 Å². The van der Waals surface area contributed by atoms with E-state index in [0.29, 0.717) is 0 Å². The van der Waals surface area contributed by atoms with Gasteiger partial charge < -0.3 is 16.4 Å². The summed E-state index contributed by atoms with van der Waals surface area (Å²) in [6.07, 6.45) is 5.72. The van der Waals surface area contributed by atoms with Crippen LogP contribution in [0, 0.1) is 5.92 Å². The third-order valence-electron chi connectivity index (χ3n) is 1.46. The molecule has 0 atom stereocenters. The summed E-state index contributed by atoms with van der Waals surface area (Å²) in [4.78, 5) is 0. The van der Waals surface area contributed by atoms with Gasteiger partial charge in [0.05, 0.1) is 0 Å². The molecule has 0 aromatic rings. The summed E-state index contributed by atoms with van der Waals surface area (Å²) in [5.41, 5.74) is 0. The first kappa shape index (κ1) is 22.9. The van der Waals surface area contributed by atoms with E-state index in [1.165, 1.54) is 30.4 Å². The Morgan fingerprint density at radius 2 is 1.42 bits per heavy atom. The summed E-state index contributed by atoms with van der Waals surface area (Å²) in [7, 11) is 0. The van der Waals surface area contributed by atoms with Crippen molar-refractivity contribution in [2.24, 2.45) is 5.92 Å². The standard InChI is InChI=1S/C8H17.3H2O.Ti/c1-4-5-6-7-8(2)3;;;;/h8H,1,4-7H2,2-3H3;3*1H2;/q;;;;+3/p-3. The van der Waals surface area contributed by atoms with E-state index in [0.717, 1.165) is 5.92 Å². The molecular formula is C8H20O3Ti. The summed E-state index contributed by atoms with van der Waals surface area (Å²) in [5.74, 6) is 0.904. The molecule has 0 heterocycles. The third-order valence-corrected chi connectivity index (χ3v) is 2.01. The Labute approximate surface area is 87.3 Å². The van der Waals surface area contributed by atoms with E-state index in [4.69, 9.17) is 0 Å². The molecule has 3 nitrogen and oxygen atoms in total. The number of rotatable bonds is 5. The van der Waals surface area contributed by atoms with Crippen LogP contribution in [0.4, 0.5) is 0 Å². The van der Waals surface area contributed by atoms with Gasteiger partial charge in [0.15, 0.2) is 0 Å². The fourth-order valence-corrected chi connectivity index (χ4v) is 1.24. The average Bonchev–Trinajstić information content (AvgIpc) is 1.80. The second kappa shape index (κ2) is 17.6. The molecule has 0 aliphatic carbocycles. The van der Waals surface area contributed by atoms with E-state index < -0.39 is 0 Å². The fraction of sp³-hybridized carbons (Fsp3) is 1.00. The molecular weight excluding hydrogens is 192 g/mol. The summed E-state index contributed by atoms with van der Waals surface area (Å²) in [6, 6.07) is 0. The van der Waals surface area contributed by atoms with Crippen LogP contribution in [0.15, 0.2) is 0 Å². The first-order chi connectivity index (χ1) is 4.27. The molecule has 3 N–H and O–H groups in total. The van der Waals surface area contributed by atoms with E-state index in [-0.39, 0.29) is 16.4 Å². The number of hydrogen-bond donors (Lipinski definition) is 0. The van der Waals surface area contributed by atoms with Crippen LogP contribution in [0.3, 0.4) is 0 Å². The molecule has 0 fully saturated rings. The van der Waals surface area contributed by atoms with E-state index in [1.54, 1.807) is 0 Å². The maximum Gasteiger partial charge on any atom is -0.870 e. The second-order valence-corrected chi connectivity index (χ2v) is 3.77. The Hall–Kier alpha value is 0.594. The Kier molecular flexibility index (Phi) is 33.7. The van der Waals surface area contributed by atoms with Gasteiger partial charge in [0.2, 0.25) is 0 Å². The van der Waals surface area contributed by atoms with Crippen LogP contribution >= 0.6 is 0 Å². The van der Waals surface area contributed by atoms with Gasteiger partial charge in [-0.25, -0.2) is 0 Å². The minimum atomic E-state index is 0. The quantitative estimate of drug-likeness (QED) is 0.518. The molecule has 0 spiro atoms. The van der Waals surface area contributed by atoms with Gasteiger partial charge in [-0.05, 0) is 0 Å². The van der Waals surface area contributed by atoms with Gasteiger partial charge in [0.1, 0.15) is 0 Å². The van der Waals surface area contributed by atoms with Gasteiger partial charge in [-0.2, -0.15) is 0 Å². The van der Waals surface area contributed by atoms with Crippen molar-refractivity contribution >= 4 is 0 Å². The van der Waals surface area contributed by atoms with Crippen LogP contribution < -0.4 is 0 Å². The maximum atomic E-state index is 2.30. The van der Waals surface area contributed by atoms with Crippen molar-refractivity contribution in [2.45, 2.75) is 44.3 Å². The van der Waals surface area contributed by atoms with E-state index in [9.17, 15) is 0 Å². The zero-order valence-electron chi connectivity index (χ0n) is 7.95. The monoisotopic (exact) mass is 212 g/mol. The third kappa shape index (κ3) is 22.4. The minimum Gasteiger partial charge on any atom is -0.870 e. The molecule has 0 bridgehead atoms. The minimum absolute atomic E-state index is 0. The van der Waals surface area contributed by atoms with Crippen molar-refractivity contribution < 1.29 is 36.9 Å². The van der Waals surface area contributed by atoms with Crippen molar-refractivity contribution in [2.75, 3.05) is 0 Å². The molecule has 0 radical (unpaired) electrons. The van der Waals surface area contributed by atoms with Crippen LogP contribution in [0.5, 0.6) is 0 Å². The topological polar surface area (TPSA) is 90.0 Å².